The number of nitriles is 1. The number of carbonyl (C=O) groups is 1. The molecule has 0 aliphatic carbocycles. The first-order valence-electron chi connectivity index (χ1n) is 7.27. The summed E-state index contributed by atoms with van der Waals surface area (Å²) in [4.78, 5) is 12.1. The number of rotatable bonds is 6. The number of nitrogens with zero attached hydrogens (tertiary/aromatic N) is 1. The van der Waals surface area contributed by atoms with Gasteiger partial charge in [-0.25, -0.2) is 4.39 Å². The quantitative estimate of drug-likeness (QED) is 0.848. The van der Waals surface area contributed by atoms with Crippen LogP contribution in [0.25, 0.3) is 0 Å². The Bertz CT molecular complexity index is 703. The van der Waals surface area contributed by atoms with Crippen LogP contribution >= 0.6 is 11.3 Å². The van der Waals surface area contributed by atoms with Gasteiger partial charge in [0.25, 0.3) is 0 Å². The Kier molecular flexibility index (Phi) is 5.85. The van der Waals surface area contributed by atoms with E-state index in [1.807, 2.05) is 19.9 Å². The summed E-state index contributed by atoms with van der Waals surface area (Å²) < 4.78 is 13.0. The van der Waals surface area contributed by atoms with Gasteiger partial charge >= 0.3 is 0 Å². The van der Waals surface area contributed by atoms with Gasteiger partial charge in [-0.1, -0.05) is 26.0 Å². The maximum Gasteiger partial charge on any atom is 0.238 e. The molecule has 0 spiro atoms. The van der Waals surface area contributed by atoms with Crippen molar-refractivity contribution >= 4 is 22.2 Å². The molecule has 0 saturated heterocycles. The van der Waals surface area contributed by atoms with Gasteiger partial charge in [0, 0.05) is 6.04 Å². The summed E-state index contributed by atoms with van der Waals surface area (Å²) in [5.74, 6) is -0.253. The van der Waals surface area contributed by atoms with Crippen molar-refractivity contribution in [3.05, 3.63) is 52.7 Å². The van der Waals surface area contributed by atoms with Crippen molar-refractivity contribution in [3.8, 4) is 6.07 Å². The zero-order chi connectivity index (χ0) is 16.8. The van der Waals surface area contributed by atoms with Crippen LogP contribution in [0, 0.1) is 23.1 Å². The summed E-state index contributed by atoms with van der Waals surface area (Å²) in [6, 6.07) is 9.92. The Morgan fingerprint density at radius 1 is 1.30 bits per heavy atom. The van der Waals surface area contributed by atoms with E-state index in [0.717, 1.165) is 5.56 Å². The minimum Gasteiger partial charge on any atom is -0.315 e. The van der Waals surface area contributed by atoms with Gasteiger partial charge in [-0.05, 0) is 35.1 Å². The molecule has 0 saturated carbocycles. The fraction of sp³-hybridized carbons (Fsp3) is 0.294. The molecule has 0 radical (unpaired) electrons. The van der Waals surface area contributed by atoms with Crippen LogP contribution < -0.4 is 10.6 Å². The summed E-state index contributed by atoms with van der Waals surface area (Å²) in [7, 11) is 0. The zero-order valence-corrected chi connectivity index (χ0v) is 13.8. The molecule has 1 aromatic heterocycles. The molecule has 1 aromatic carbocycles. The van der Waals surface area contributed by atoms with E-state index >= 15 is 0 Å². The van der Waals surface area contributed by atoms with Gasteiger partial charge in [0.05, 0.1) is 12.1 Å². The maximum absolute atomic E-state index is 13.0. The predicted molar refractivity (Wildman–Crippen MR) is 89.6 cm³/mol. The Labute approximate surface area is 139 Å². The molecule has 0 aliphatic heterocycles. The standard InChI is InChI=1S/C17H18FN3OS/c1-11(2)16(12-3-5-14(18)6-4-12)20-10-15(22)21-17-13(9-19)7-8-23-17/h3-8,11,16,20H,10H2,1-2H3,(H,21,22)/t16-/m1/s1. The SMILES string of the molecule is CC(C)[C@@H](NCC(=O)Nc1sccc1C#N)c1ccc(F)cc1. The highest BCUT2D eigenvalue weighted by Crippen LogP contribution is 2.23. The predicted octanol–water partition coefficient (Wildman–Crippen LogP) is 3.68. The summed E-state index contributed by atoms with van der Waals surface area (Å²) >= 11 is 1.32. The summed E-state index contributed by atoms with van der Waals surface area (Å²) in [5.41, 5.74) is 1.39. The van der Waals surface area contributed by atoms with Gasteiger partial charge < -0.3 is 10.6 Å². The second kappa shape index (κ2) is 7.86. The molecule has 0 bridgehead atoms. The minimum atomic E-state index is -0.282. The van der Waals surface area contributed by atoms with Crippen molar-refractivity contribution in [2.75, 3.05) is 11.9 Å². The third-order valence-electron chi connectivity index (χ3n) is 3.42. The normalized spacial score (nSPS) is 12.0. The molecular weight excluding hydrogens is 313 g/mol. The second-order valence-corrected chi connectivity index (χ2v) is 6.39. The number of anilines is 1. The van der Waals surface area contributed by atoms with Crippen molar-refractivity contribution in [1.82, 2.24) is 5.32 Å². The summed E-state index contributed by atoms with van der Waals surface area (Å²) in [5, 5.41) is 17.2. The van der Waals surface area contributed by atoms with E-state index in [-0.39, 0.29) is 30.2 Å². The third-order valence-corrected chi connectivity index (χ3v) is 4.25. The van der Waals surface area contributed by atoms with Crippen LogP contribution in [0.3, 0.4) is 0 Å². The van der Waals surface area contributed by atoms with Crippen molar-refractivity contribution in [2.24, 2.45) is 5.92 Å². The number of hydrogen-bond donors (Lipinski definition) is 2. The average Bonchev–Trinajstić information content (AvgIpc) is 2.96. The third kappa shape index (κ3) is 4.62. The van der Waals surface area contributed by atoms with E-state index in [1.165, 1.54) is 23.5 Å². The van der Waals surface area contributed by atoms with Crippen LogP contribution in [0.15, 0.2) is 35.7 Å². The number of thiophene rings is 1. The first-order chi connectivity index (χ1) is 11.0. The smallest absolute Gasteiger partial charge is 0.238 e. The van der Waals surface area contributed by atoms with Gasteiger partial charge in [0.1, 0.15) is 16.9 Å². The van der Waals surface area contributed by atoms with Crippen molar-refractivity contribution in [1.29, 1.82) is 5.26 Å². The van der Waals surface area contributed by atoms with Gasteiger partial charge in [-0.2, -0.15) is 5.26 Å². The van der Waals surface area contributed by atoms with Crippen LogP contribution in [0.1, 0.15) is 31.0 Å². The largest absolute Gasteiger partial charge is 0.315 e. The molecule has 6 heteroatoms. The number of carbonyl (C=O) groups excluding carboxylic acids is 1. The number of nitrogens with one attached hydrogen (secondary N) is 2. The van der Waals surface area contributed by atoms with E-state index in [9.17, 15) is 9.18 Å². The fourth-order valence-corrected chi connectivity index (χ4v) is 3.03. The lowest BCUT2D eigenvalue weighted by Crippen LogP contribution is -2.33. The number of benzene rings is 1. The Hall–Kier alpha value is -2.23. The van der Waals surface area contributed by atoms with Crippen molar-refractivity contribution in [2.45, 2.75) is 19.9 Å². The Morgan fingerprint density at radius 2 is 2.00 bits per heavy atom. The highest BCUT2D eigenvalue weighted by molar-refractivity contribution is 7.14. The fourth-order valence-electron chi connectivity index (χ4n) is 2.28. The van der Waals surface area contributed by atoms with Crippen molar-refractivity contribution < 1.29 is 9.18 Å². The van der Waals surface area contributed by atoms with Gasteiger partial charge in [-0.15, -0.1) is 11.3 Å². The maximum atomic E-state index is 13.0. The van der Waals surface area contributed by atoms with E-state index in [1.54, 1.807) is 23.6 Å². The lowest BCUT2D eigenvalue weighted by molar-refractivity contribution is -0.115. The topological polar surface area (TPSA) is 64.9 Å². The highest BCUT2D eigenvalue weighted by atomic mass is 32.1. The second-order valence-electron chi connectivity index (χ2n) is 5.48. The van der Waals surface area contributed by atoms with Gasteiger partial charge in [0.15, 0.2) is 0 Å². The molecule has 1 amide bonds. The van der Waals surface area contributed by atoms with Gasteiger partial charge in [0.2, 0.25) is 5.91 Å². The molecule has 0 fully saturated rings. The van der Waals surface area contributed by atoms with E-state index in [2.05, 4.69) is 10.6 Å². The first kappa shape index (κ1) is 17.1. The molecule has 23 heavy (non-hydrogen) atoms. The molecule has 1 atom stereocenters. The van der Waals surface area contributed by atoms with Gasteiger partial charge in [-0.3, -0.25) is 4.79 Å². The van der Waals surface area contributed by atoms with Crippen LogP contribution in [0.4, 0.5) is 9.39 Å². The van der Waals surface area contributed by atoms with E-state index in [4.69, 9.17) is 5.26 Å². The molecule has 1 heterocycles. The molecule has 4 nitrogen and oxygen atoms in total. The molecule has 2 aromatic rings. The lowest BCUT2D eigenvalue weighted by Gasteiger charge is -2.22. The van der Waals surface area contributed by atoms with Crippen LogP contribution in [0.5, 0.6) is 0 Å². The molecule has 0 aliphatic rings. The average molecular weight is 331 g/mol. The summed E-state index contributed by atoms with van der Waals surface area (Å²) in [6.07, 6.45) is 0. The Balaban J connectivity index is 1.97. The van der Waals surface area contributed by atoms with Crippen LogP contribution in [-0.2, 0) is 4.79 Å². The Morgan fingerprint density at radius 3 is 2.61 bits per heavy atom. The monoisotopic (exact) mass is 331 g/mol. The minimum absolute atomic E-state index is 0.0554. The van der Waals surface area contributed by atoms with E-state index < -0.39 is 0 Å². The highest BCUT2D eigenvalue weighted by Gasteiger charge is 2.17. The molecule has 2 N–H and O–H groups in total. The molecule has 2 rings (SSSR count). The van der Waals surface area contributed by atoms with E-state index in [0.29, 0.717) is 10.6 Å². The number of amides is 1. The molecule has 0 unspecified atom stereocenters. The van der Waals surface area contributed by atoms with Crippen LogP contribution in [-0.4, -0.2) is 12.5 Å². The number of hydrogen-bond acceptors (Lipinski definition) is 4. The molecule has 120 valence electrons. The lowest BCUT2D eigenvalue weighted by atomic mass is 9.96. The number of halogens is 1. The van der Waals surface area contributed by atoms with Crippen LogP contribution in [0.2, 0.25) is 0 Å². The molecular formula is C17H18FN3OS. The summed E-state index contributed by atoms with van der Waals surface area (Å²) in [6.45, 7) is 4.18. The van der Waals surface area contributed by atoms with Crippen molar-refractivity contribution in [3.63, 3.8) is 0 Å². The first-order valence-corrected chi connectivity index (χ1v) is 8.15. The zero-order valence-electron chi connectivity index (χ0n) is 13.0.